The Kier molecular flexibility index (Phi) is 8.22. The highest BCUT2D eigenvalue weighted by Crippen LogP contribution is 2.35. The molecule has 1 N–H and O–H groups in total. The second-order valence-electron chi connectivity index (χ2n) is 10.8. The third-order valence-corrected chi connectivity index (χ3v) is 9.55. The number of nitrogens with one attached hydrogen (secondary N) is 1. The molecule has 1 spiro atoms. The molecule has 2 saturated heterocycles. The fraction of sp³-hybridized carbons (Fsp3) is 0.414. The van der Waals surface area contributed by atoms with E-state index in [4.69, 9.17) is 4.74 Å². The van der Waals surface area contributed by atoms with E-state index in [0.29, 0.717) is 49.6 Å². The number of aryl methyl sites for hydroxylation is 2. The zero-order chi connectivity index (χ0) is 31.2. The van der Waals surface area contributed by atoms with Crippen molar-refractivity contribution in [1.29, 1.82) is 0 Å². The number of amidine groups is 1. The SMILES string of the molecule is Cc1cc(C(=O)N2CCOCC2)cc(C)c1/C=C/S(=O)(=O)N1CCC2(CC1)N=C(c1ccc(F)c(C(F)(F)F)c1)NC2=O. The molecule has 2 fully saturated rings. The summed E-state index contributed by atoms with van der Waals surface area (Å²) >= 11 is 0. The molecule has 230 valence electrons. The van der Waals surface area contributed by atoms with E-state index in [0.717, 1.165) is 22.6 Å². The molecule has 0 aliphatic carbocycles. The summed E-state index contributed by atoms with van der Waals surface area (Å²) < 4.78 is 86.2. The van der Waals surface area contributed by atoms with Crippen LogP contribution < -0.4 is 5.32 Å². The predicted molar refractivity (Wildman–Crippen MR) is 150 cm³/mol. The van der Waals surface area contributed by atoms with E-state index >= 15 is 0 Å². The minimum atomic E-state index is -4.92. The van der Waals surface area contributed by atoms with Gasteiger partial charge in [0.25, 0.3) is 11.8 Å². The molecule has 2 amide bonds. The fourth-order valence-corrected chi connectivity index (χ4v) is 6.71. The van der Waals surface area contributed by atoms with Crippen LogP contribution in [0.25, 0.3) is 6.08 Å². The molecule has 3 heterocycles. The van der Waals surface area contributed by atoms with Crippen molar-refractivity contribution in [3.63, 3.8) is 0 Å². The van der Waals surface area contributed by atoms with Crippen LogP contribution in [0.15, 0.2) is 40.7 Å². The van der Waals surface area contributed by atoms with Crippen molar-refractivity contribution in [1.82, 2.24) is 14.5 Å². The number of hydrogen-bond donors (Lipinski definition) is 1. The van der Waals surface area contributed by atoms with Gasteiger partial charge in [-0.2, -0.15) is 17.5 Å². The number of nitrogens with zero attached hydrogens (tertiary/aromatic N) is 3. The normalized spacial score (nSPS) is 19.6. The number of aliphatic imine (C=N–C) groups is 1. The van der Waals surface area contributed by atoms with Crippen LogP contribution in [0.3, 0.4) is 0 Å². The van der Waals surface area contributed by atoms with Gasteiger partial charge >= 0.3 is 6.18 Å². The number of morpholine rings is 1. The molecule has 14 heteroatoms. The van der Waals surface area contributed by atoms with Gasteiger partial charge in [-0.15, -0.1) is 0 Å². The molecule has 0 aromatic heterocycles. The maximum atomic E-state index is 13.7. The Morgan fingerprint density at radius 3 is 2.28 bits per heavy atom. The maximum absolute atomic E-state index is 13.7. The summed E-state index contributed by atoms with van der Waals surface area (Å²) in [5.41, 5.74) is -0.256. The number of piperidine rings is 1. The van der Waals surface area contributed by atoms with E-state index in [1.165, 1.54) is 10.4 Å². The third kappa shape index (κ3) is 6.22. The van der Waals surface area contributed by atoms with Crippen molar-refractivity contribution < 1.29 is 40.3 Å². The van der Waals surface area contributed by atoms with Crippen LogP contribution in [0, 0.1) is 19.7 Å². The van der Waals surface area contributed by atoms with Crippen molar-refractivity contribution in [2.75, 3.05) is 39.4 Å². The number of carbonyl (C=O) groups is 2. The van der Waals surface area contributed by atoms with Crippen LogP contribution in [-0.2, 0) is 25.7 Å². The van der Waals surface area contributed by atoms with Crippen molar-refractivity contribution in [2.45, 2.75) is 38.4 Å². The van der Waals surface area contributed by atoms with Crippen molar-refractivity contribution in [2.24, 2.45) is 4.99 Å². The average Bonchev–Trinajstić information content (AvgIpc) is 3.27. The molecule has 5 rings (SSSR count). The summed E-state index contributed by atoms with van der Waals surface area (Å²) in [4.78, 5) is 31.8. The lowest BCUT2D eigenvalue weighted by Crippen LogP contribution is -2.50. The highest BCUT2D eigenvalue weighted by molar-refractivity contribution is 7.92. The topological polar surface area (TPSA) is 108 Å². The Morgan fingerprint density at radius 2 is 1.67 bits per heavy atom. The Bertz CT molecular complexity index is 1600. The summed E-state index contributed by atoms with van der Waals surface area (Å²) in [6.07, 6.45) is -3.41. The minimum Gasteiger partial charge on any atom is -0.378 e. The van der Waals surface area contributed by atoms with E-state index in [2.05, 4.69) is 10.3 Å². The lowest BCUT2D eigenvalue weighted by Gasteiger charge is -2.34. The predicted octanol–water partition coefficient (Wildman–Crippen LogP) is 3.65. The first-order valence-corrected chi connectivity index (χ1v) is 15.2. The highest BCUT2D eigenvalue weighted by atomic mass is 32.2. The van der Waals surface area contributed by atoms with Crippen LogP contribution >= 0.6 is 0 Å². The third-order valence-electron chi connectivity index (χ3n) is 7.98. The molecule has 3 aliphatic rings. The van der Waals surface area contributed by atoms with Gasteiger partial charge in [-0.25, -0.2) is 12.8 Å². The maximum Gasteiger partial charge on any atom is 0.419 e. The minimum absolute atomic E-state index is 0.0130. The highest BCUT2D eigenvalue weighted by Gasteiger charge is 2.47. The van der Waals surface area contributed by atoms with Gasteiger partial charge in [-0.1, -0.05) is 0 Å². The number of hydrogen-bond acceptors (Lipinski definition) is 6. The smallest absolute Gasteiger partial charge is 0.378 e. The first-order chi connectivity index (χ1) is 20.2. The van der Waals surface area contributed by atoms with Crippen LogP contribution in [-0.4, -0.2) is 80.2 Å². The van der Waals surface area contributed by atoms with Crippen LogP contribution in [0.1, 0.15) is 51.0 Å². The number of halogens is 4. The molecular formula is C29H30F4N4O5S. The second kappa shape index (κ2) is 11.5. The molecule has 9 nitrogen and oxygen atoms in total. The number of sulfonamides is 1. The van der Waals surface area contributed by atoms with Gasteiger partial charge in [0.05, 0.1) is 18.8 Å². The molecule has 0 radical (unpaired) electrons. The van der Waals surface area contributed by atoms with Gasteiger partial charge in [0.2, 0.25) is 10.0 Å². The van der Waals surface area contributed by atoms with Gasteiger partial charge in [0, 0.05) is 42.7 Å². The molecule has 0 saturated carbocycles. The van der Waals surface area contributed by atoms with Crippen LogP contribution in [0.5, 0.6) is 0 Å². The van der Waals surface area contributed by atoms with E-state index in [1.54, 1.807) is 30.9 Å². The number of amides is 2. The molecule has 43 heavy (non-hydrogen) atoms. The van der Waals surface area contributed by atoms with Gasteiger partial charge in [-0.05, 0) is 79.8 Å². The quantitative estimate of drug-likeness (QED) is 0.513. The molecule has 0 atom stereocenters. The first kappa shape index (κ1) is 30.8. The summed E-state index contributed by atoms with van der Waals surface area (Å²) in [6.45, 7) is 5.49. The van der Waals surface area contributed by atoms with Crippen molar-refractivity contribution >= 4 is 33.7 Å². The summed E-state index contributed by atoms with van der Waals surface area (Å²) in [6, 6.07) is 5.82. The van der Waals surface area contributed by atoms with Gasteiger partial charge in [-0.3, -0.25) is 14.6 Å². The zero-order valence-corrected chi connectivity index (χ0v) is 24.3. The number of carbonyl (C=O) groups excluding carboxylic acids is 2. The summed E-state index contributed by atoms with van der Waals surface area (Å²) in [7, 11) is -3.90. The molecule has 2 aromatic carbocycles. The van der Waals surface area contributed by atoms with Gasteiger partial charge in [0.1, 0.15) is 17.2 Å². The molecule has 3 aliphatic heterocycles. The fourth-order valence-electron chi connectivity index (χ4n) is 5.54. The molecule has 0 bridgehead atoms. The Balaban J connectivity index is 1.28. The van der Waals surface area contributed by atoms with Crippen LogP contribution in [0.4, 0.5) is 17.6 Å². The molecule has 0 unspecified atom stereocenters. The number of ether oxygens (including phenoxy) is 1. The van der Waals surface area contributed by atoms with Crippen molar-refractivity contribution in [3.8, 4) is 0 Å². The van der Waals surface area contributed by atoms with Crippen LogP contribution in [0.2, 0.25) is 0 Å². The molecule has 2 aromatic rings. The number of benzene rings is 2. The van der Waals surface area contributed by atoms with E-state index in [9.17, 15) is 35.6 Å². The second-order valence-corrected chi connectivity index (χ2v) is 12.6. The zero-order valence-electron chi connectivity index (χ0n) is 23.5. The van der Waals surface area contributed by atoms with Gasteiger partial charge in [0.15, 0.2) is 0 Å². The monoisotopic (exact) mass is 622 g/mol. The Labute approximate surface area is 246 Å². The largest absolute Gasteiger partial charge is 0.419 e. The summed E-state index contributed by atoms with van der Waals surface area (Å²) in [5.74, 6) is -2.22. The first-order valence-electron chi connectivity index (χ1n) is 13.7. The number of alkyl halides is 3. The Morgan fingerprint density at radius 1 is 1.05 bits per heavy atom. The average molecular weight is 623 g/mol. The lowest BCUT2D eigenvalue weighted by molar-refractivity contribution is -0.140. The Hall–Kier alpha value is -3.62. The standard InChI is InChI=1S/C29H30F4N4O5S/c1-18-15-21(26(38)36-10-12-42-13-11-36)16-19(2)22(18)5-14-43(40,41)37-8-6-28(7-9-37)27(39)34-25(35-28)20-3-4-24(30)23(17-20)29(31,32)33/h3-5,14-17H,6-13H2,1-2H3,(H,34,35,39)/b14-5+. The van der Waals surface area contributed by atoms with Crippen molar-refractivity contribution in [3.05, 3.63) is 74.9 Å². The summed E-state index contributed by atoms with van der Waals surface area (Å²) in [5, 5.41) is 3.57. The van der Waals surface area contributed by atoms with E-state index in [1.807, 2.05) is 0 Å². The lowest BCUT2D eigenvalue weighted by atomic mass is 9.89. The van der Waals surface area contributed by atoms with E-state index in [-0.39, 0.29) is 43.2 Å². The van der Waals surface area contributed by atoms with E-state index < -0.39 is 39.0 Å². The number of rotatable bonds is 5. The molecular weight excluding hydrogens is 592 g/mol. The van der Waals surface area contributed by atoms with Gasteiger partial charge < -0.3 is 15.0 Å².